The number of fused-ring (bicyclic) bond motifs is 10. The highest BCUT2D eigenvalue weighted by Gasteiger charge is 2.47. The van der Waals surface area contributed by atoms with Crippen molar-refractivity contribution >= 4 is 43.6 Å². The standard InChI is InChI=1S/C73H46N8/c1-6-25-47(26-7-1)67-75-70(77-71(76-67)57-39-24-41-59-64(57)54-36-16-20-40-58(54)73(59,50-31-12-4-13-32-50)51-33-14-5-15-34-51)56-38-19-23-44-62(56)80-60-42-21-17-35-52(60)53-45-46-63-65(66(53)80)55-37-18-22-43-61(55)81(63)72-78-68(48-27-8-2-9-28-48)74-69(79-72)49-29-10-3-11-30-49/h1-46H. The summed E-state index contributed by atoms with van der Waals surface area (Å²) in [5.41, 5.74) is 15.9. The van der Waals surface area contributed by atoms with Gasteiger partial charge in [0.15, 0.2) is 29.1 Å². The van der Waals surface area contributed by atoms with Gasteiger partial charge in [0.1, 0.15) is 0 Å². The lowest BCUT2D eigenvalue weighted by atomic mass is 9.67. The molecule has 0 amide bonds. The van der Waals surface area contributed by atoms with E-state index < -0.39 is 5.41 Å². The van der Waals surface area contributed by atoms with Crippen molar-refractivity contribution in [3.8, 4) is 79.7 Å². The third-order valence-electron chi connectivity index (χ3n) is 16.1. The normalized spacial score (nSPS) is 12.5. The number of benzene rings is 11. The molecule has 0 bridgehead atoms. The second-order valence-corrected chi connectivity index (χ2v) is 20.5. The molecule has 1 aliphatic carbocycles. The van der Waals surface area contributed by atoms with Crippen molar-refractivity contribution in [1.29, 1.82) is 0 Å². The van der Waals surface area contributed by atoms with Crippen LogP contribution in [0.3, 0.4) is 0 Å². The Bertz CT molecular complexity index is 4820. The summed E-state index contributed by atoms with van der Waals surface area (Å²) in [4.78, 5) is 32.2. The molecule has 15 aromatic rings. The minimum absolute atomic E-state index is 0.530. The van der Waals surface area contributed by atoms with Crippen LogP contribution < -0.4 is 0 Å². The van der Waals surface area contributed by atoms with E-state index in [1.165, 1.54) is 22.3 Å². The smallest absolute Gasteiger partial charge is 0.238 e. The first-order chi connectivity index (χ1) is 40.2. The van der Waals surface area contributed by atoms with Gasteiger partial charge in [-0.2, -0.15) is 9.97 Å². The van der Waals surface area contributed by atoms with E-state index in [9.17, 15) is 0 Å². The lowest BCUT2D eigenvalue weighted by Gasteiger charge is -2.33. The second-order valence-electron chi connectivity index (χ2n) is 20.5. The fraction of sp³-hybridized carbons (Fsp3) is 0.0137. The highest BCUT2D eigenvalue weighted by Crippen LogP contribution is 2.58. The summed E-state index contributed by atoms with van der Waals surface area (Å²) in [6.07, 6.45) is 0. The summed E-state index contributed by atoms with van der Waals surface area (Å²) in [6.45, 7) is 0. The van der Waals surface area contributed by atoms with E-state index in [2.05, 4.69) is 209 Å². The molecule has 0 atom stereocenters. The zero-order valence-electron chi connectivity index (χ0n) is 43.6. The Labute approximate surface area is 466 Å². The summed E-state index contributed by atoms with van der Waals surface area (Å²) in [7, 11) is 0. The van der Waals surface area contributed by atoms with Crippen LogP contribution in [-0.2, 0) is 5.41 Å². The summed E-state index contributed by atoms with van der Waals surface area (Å²) < 4.78 is 4.61. The molecular weight excluding hydrogens is 989 g/mol. The van der Waals surface area contributed by atoms with Crippen molar-refractivity contribution < 1.29 is 0 Å². The molecule has 4 heterocycles. The molecule has 0 N–H and O–H groups in total. The van der Waals surface area contributed by atoms with Gasteiger partial charge in [-0.25, -0.2) is 19.9 Å². The first-order valence-electron chi connectivity index (χ1n) is 27.3. The molecule has 0 saturated heterocycles. The van der Waals surface area contributed by atoms with Crippen LogP contribution in [0, 0.1) is 0 Å². The molecule has 0 fully saturated rings. The van der Waals surface area contributed by atoms with Gasteiger partial charge in [-0.15, -0.1) is 0 Å². The van der Waals surface area contributed by atoms with Crippen LogP contribution in [0.5, 0.6) is 0 Å². The van der Waals surface area contributed by atoms with Crippen LogP contribution in [0.2, 0.25) is 0 Å². The second kappa shape index (κ2) is 18.6. The lowest BCUT2D eigenvalue weighted by Crippen LogP contribution is -2.28. The van der Waals surface area contributed by atoms with Gasteiger partial charge in [-0.1, -0.05) is 249 Å². The third kappa shape index (κ3) is 7.17. The van der Waals surface area contributed by atoms with Crippen LogP contribution in [-0.4, -0.2) is 39.0 Å². The molecule has 0 unspecified atom stereocenters. The maximum atomic E-state index is 5.63. The Morgan fingerprint density at radius 2 is 0.716 bits per heavy atom. The molecule has 8 heteroatoms. The third-order valence-corrected chi connectivity index (χ3v) is 16.1. The maximum absolute atomic E-state index is 5.63. The van der Waals surface area contributed by atoms with E-state index >= 15 is 0 Å². The Balaban J connectivity index is 0.955. The molecule has 11 aromatic carbocycles. The van der Waals surface area contributed by atoms with E-state index in [1.54, 1.807) is 0 Å². The van der Waals surface area contributed by atoms with Crippen molar-refractivity contribution in [3.63, 3.8) is 0 Å². The number of hydrogen-bond acceptors (Lipinski definition) is 6. The molecule has 1 aliphatic rings. The first-order valence-corrected chi connectivity index (χ1v) is 27.3. The number of rotatable bonds is 9. The monoisotopic (exact) mass is 1030 g/mol. The molecule has 0 aliphatic heterocycles. The van der Waals surface area contributed by atoms with E-state index in [-0.39, 0.29) is 0 Å². The van der Waals surface area contributed by atoms with Crippen LogP contribution >= 0.6 is 0 Å². The Morgan fingerprint density at radius 3 is 1.35 bits per heavy atom. The zero-order valence-corrected chi connectivity index (χ0v) is 43.6. The Kier molecular flexibility index (Phi) is 10.6. The van der Waals surface area contributed by atoms with Crippen molar-refractivity contribution in [2.24, 2.45) is 0 Å². The number of nitrogens with zero attached hydrogens (tertiary/aromatic N) is 8. The molecule has 378 valence electrons. The Morgan fingerprint density at radius 1 is 0.272 bits per heavy atom. The predicted molar refractivity (Wildman–Crippen MR) is 326 cm³/mol. The molecule has 0 radical (unpaired) electrons. The lowest BCUT2D eigenvalue weighted by molar-refractivity contribution is 0.768. The topological polar surface area (TPSA) is 87.2 Å². The fourth-order valence-electron chi connectivity index (χ4n) is 12.7. The zero-order chi connectivity index (χ0) is 53.4. The molecule has 16 rings (SSSR count). The predicted octanol–water partition coefficient (Wildman–Crippen LogP) is 16.9. The van der Waals surface area contributed by atoms with Gasteiger partial charge in [0.25, 0.3) is 0 Å². The van der Waals surface area contributed by atoms with Gasteiger partial charge < -0.3 is 4.57 Å². The molecular formula is C73H46N8. The number of hydrogen-bond donors (Lipinski definition) is 0. The average Bonchev–Trinajstić information content (AvgIpc) is 4.39. The van der Waals surface area contributed by atoms with E-state index in [1.807, 2.05) is 78.9 Å². The van der Waals surface area contributed by atoms with Crippen LogP contribution in [0.15, 0.2) is 279 Å². The first kappa shape index (κ1) is 46.2. The summed E-state index contributed by atoms with van der Waals surface area (Å²) in [5, 5.41) is 4.37. The van der Waals surface area contributed by atoms with Crippen LogP contribution in [0.1, 0.15) is 22.3 Å². The van der Waals surface area contributed by atoms with E-state index in [0.717, 1.165) is 88.2 Å². The van der Waals surface area contributed by atoms with Gasteiger partial charge in [0.2, 0.25) is 5.95 Å². The molecule has 0 saturated carbocycles. The van der Waals surface area contributed by atoms with Crippen molar-refractivity contribution in [2.75, 3.05) is 0 Å². The molecule has 4 aromatic heterocycles. The molecule has 81 heavy (non-hydrogen) atoms. The molecule has 0 spiro atoms. The average molecular weight is 1040 g/mol. The van der Waals surface area contributed by atoms with E-state index in [0.29, 0.717) is 35.1 Å². The highest BCUT2D eigenvalue weighted by atomic mass is 15.2. The van der Waals surface area contributed by atoms with Gasteiger partial charge in [-0.05, 0) is 63.7 Å². The van der Waals surface area contributed by atoms with Gasteiger partial charge in [0.05, 0.1) is 33.2 Å². The van der Waals surface area contributed by atoms with Crippen molar-refractivity contribution in [3.05, 3.63) is 301 Å². The largest absolute Gasteiger partial charge is 0.308 e. The van der Waals surface area contributed by atoms with Gasteiger partial charge >= 0.3 is 0 Å². The Hall–Kier alpha value is -11.0. The van der Waals surface area contributed by atoms with Gasteiger partial charge in [0, 0.05) is 49.4 Å². The minimum atomic E-state index is -0.599. The van der Waals surface area contributed by atoms with Crippen molar-refractivity contribution in [2.45, 2.75) is 5.41 Å². The number of aromatic nitrogens is 8. The van der Waals surface area contributed by atoms with Gasteiger partial charge in [-0.3, -0.25) is 4.57 Å². The van der Waals surface area contributed by atoms with E-state index in [4.69, 9.17) is 29.9 Å². The quantitative estimate of drug-likeness (QED) is 0.143. The molecule has 8 nitrogen and oxygen atoms in total. The maximum Gasteiger partial charge on any atom is 0.238 e. The summed E-state index contributed by atoms with van der Waals surface area (Å²) in [5.74, 6) is 3.45. The summed E-state index contributed by atoms with van der Waals surface area (Å²) in [6, 6.07) is 98.1. The highest BCUT2D eigenvalue weighted by molar-refractivity contribution is 6.26. The van der Waals surface area contributed by atoms with Crippen molar-refractivity contribution in [1.82, 2.24) is 39.0 Å². The summed E-state index contributed by atoms with van der Waals surface area (Å²) >= 11 is 0. The van der Waals surface area contributed by atoms with Crippen LogP contribution in [0.4, 0.5) is 0 Å². The minimum Gasteiger partial charge on any atom is -0.308 e. The number of para-hydroxylation sites is 3. The fourth-order valence-corrected chi connectivity index (χ4v) is 12.7. The van der Waals surface area contributed by atoms with Crippen LogP contribution in [0.25, 0.3) is 123 Å². The SMILES string of the molecule is c1ccc(-c2nc(-c3ccccc3-n3c4ccccc4c4ccc5c(c6ccccc6n5-c5nc(-c6ccccc6)nc(-c6ccccc6)n5)c43)nc(-c3cccc4c3-c3ccccc3C4(c3ccccc3)c3ccccc3)n2)cc1.